The molecule has 3 rings (SSSR count). The van der Waals surface area contributed by atoms with E-state index in [0.717, 1.165) is 50.6 Å². The summed E-state index contributed by atoms with van der Waals surface area (Å²) in [4.78, 5) is 16.8. The summed E-state index contributed by atoms with van der Waals surface area (Å²) in [6.45, 7) is 7.61. The van der Waals surface area contributed by atoms with Crippen LogP contribution in [0.15, 0.2) is 54.6 Å². The van der Waals surface area contributed by atoms with Gasteiger partial charge >= 0.3 is 0 Å². The standard InChI is InChI=1S/C23H30N2O3/c1-2-27-21-10-12-22(13-11-21)28-18-6-9-23(26)25-16-14-24(15-17-25)19-20-7-4-3-5-8-20/h3-5,7-8,10-13H,2,6,9,14-19H2,1H3. The Morgan fingerprint density at radius 3 is 2.18 bits per heavy atom. The number of hydrogen-bond acceptors (Lipinski definition) is 4. The van der Waals surface area contributed by atoms with Crippen LogP contribution in [-0.2, 0) is 11.3 Å². The maximum atomic E-state index is 12.4. The third kappa shape index (κ3) is 6.27. The molecular formula is C23H30N2O3. The van der Waals surface area contributed by atoms with E-state index >= 15 is 0 Å². The van der Waals surface area contributed by atoms with Crippen LogP contribution in [0.4, 0.5) is 0 Å². The van der Waals surface area contributed by atoms with E-state index in [0.29, 0.717) is 19.6 Å². The van der Waals surface area contributed by atoms with E-state index in [-0.39, 0.29) is 5.91 Å². The van der Waals surface area contributed by atoms with Crippen molar-refractivity contribution in [3.8, 4) is 11.5 Å². The lowest BCUT2D eigenvalue weighted by molar-refractivity contribution is -0.133. The number of piperazine rings is 1. The van der Waals surface area contributed by atoms with Crippen LogP contribution >= 0.6 is 0 Å². The van der Waals surface area contributed by atoms with Gasteiger partial charge in [-0.25, -0.2) is 0 Å². The Hall–Kier alpha value is -2.53. The van der Waals surface area contributed by atoms with Crippen molar-refractivity contribution in [3.63, 3.8) is 0 Å². The molecule has 2 aromatic carbocycles. The second kappa shape index (κ2) is 10.7. The van der Waals surface area contributed by atoms with Crippen LogP contribution in [-0.4, -0.2) is 55.1 Å². The fraction of sp³-hybridized carbons (Fsp3) is 0.435. The fourth-order valence-electron chi connectivity index (χ4n) is 3.37. The van der Waals surface area contributed by atoms with Crippen molar-refractivity contribution >= 4 is 5.91 Å². The van der Waals surface area contributed by atoms with Gasteiger partial charge in [0.15, 0.2) is 0 Å². The molecule has 0 aliphatic carbocycles. The van der Waals surface area contributed by atoms with E-state index in [9.17, 15) is 4.79 Å². The molecule has 0 saturated carbocycles. The SMILES string of the molecule is CCOc1ccc(OCCCC(=O)N2CCN(Cc3ccccc3)CC2)cc1. The Labute approximate surface area is 167 Å². The maximum absolute atomic E-state index is 12.4. The molecule has 0 atom stereocenters. The van der Waals surface area contributed by atoms with Gasteiger partial charge in [0.1, 0.15) is 11.5 Å². The first-order chi connectivity index (χ1) is 13.7. The van der Waals surface area contributed by atoms with Gasteiger partial charge in [-0.2, -0.15) is 0 Å². The minimum atomic E-state index is 0.231. The van der Waals surface area contributed by atoms with Crippen molar-refractivity contribution in [1.82, 2.24) is 9.80 Å². The van der Waals surface area contributed by atoms with E-state index in [1.165, 1.54) is 5.56 Å². The summed E-state index contributed by atoms with van der Waals surface area (Å²) in [5, 5.41) is 0. The van der Waals surface area contributed by atoms with Crippen LogP contribution in [0.1, 0.15) is 25.3 Å². The fourth-order valence-corrected chi connectivity index (χ4v) is 3.37. The third-order valence-corrected chi connectivity index (χ3v) is 4.91. The maximum Gasteiger partial charge on any atom is 0.222 e. The summed E-state index contributed by atoms with van der Waals surface area (Å²) in [6.07, 6.45) is 1.27. The van der Waals surface area contributed by atoms with Gasteiger partial charge in [0.2, 0.25) is 5.91 Å². The average molecular weight is 383 g/mol. The molecule has 5 heteroatoms. The highest BCUT2D eigenvalue weighted by Crippen LogP contribution is 2.18. The topological polar surface area (TPSA) is 42.0 Å². The van der Waals surface area contributed by atoms with Crippen LogP contribution in [0.5, 0.6) is 11.5 Å². The normalized spacial score (nSPS) is 14.7. The summed E-state index contributed by atoms with van der Waals surface area (Å²) in [5.74, 6) is 1.89. The third-order valence-electron chi connectivity index (χ3n) is 4.91. The zero-order valence-corrected chi connectivity index (χ0v) is 16.7. The van der Waals surface area contributed by atoms with Gasteiger partial charge in [-0.05, 0) is 43.2 Å². The molecule has 1 heterocycles. The number of nitrogens with zero attached hydrogens (tertiary/aromatic N) is 2. The highest BCUT2D eigenvalue weighted by molar-refractivity contribution is 5.76. The zero-order chi connectivity index (χ0) is 19.6. The summed E-state index contributed by atoms with van der Waals surface area (Å²) in [5.41, 5.74) is 1.33. The Bertz CT molecular complexity index is 710. The first-order valence-corrected chi connectivity index (χ1v) is 10.1. The van der Waals surface area contributed by atoms with E-state index in [2.05, 4.69) is 29.2 Å². The molecule has 0 spiro atoms. The second-order valence-electron chi connectivity index (χ2n) is 7.00. The molecule has 1 aliphatic rings. The number of amides is 1. The van der Waals surface area contributed by atoms with Crippen LogP contribution < -0.4 is 9.47 Å². The van der Waals surface area contributed by atoms with Crippen molar-refractivity contribution in [2.75, 3.05) is 39.4 Å². The van der Waals surface area contributed by atoms with E-state index in [1.54, 1.807) is 0 Å². The lowest BCUT2D eigenvalue weighted by Gasteiger charge is -2.34. The number of rotatable bonds is 9. The summed E-state index contributed by atoms with van der Waals surface area (Å²) in [6, 6.07) is 18.1. The first-order valence-electron chi connectivity index (χ1n) is 10.1. The summed E-state index contributed by atoms with van der Waals surface area (Å²) >= 11 is 0. The van der Waals surface area contributed by atoms with Gasteiger partial charge in [-0.1, -0.05) is 30.3 Å². The van der Waals surface area contributed by atoms with Crippen LogP contribution in [0, 0.1) is 0 Å². The summed E-state index contributed by atoms with van der Waals surface area (Å²) in [7, 11) is 0. The van der Waals surface area contributed by atoms with Gasteiger partial charge in [0.25, 0.3) is 0 Å². The second-order valence-corrected chi connectivity index (χ2v) is 7.00. The van der Waals surface area contributed by atoms with E-state index in [1.807, 2.05) is 42.2 Å². The average Bonchev–Trinajstić information content (AvgIpc) is 2.74. The number of carbonyl (C=O) groups is 1. The van der Waals surface area contributed by atoms with Crippen molar-refractivity contribution in [1.29, 1.82) is 0 Å². The lowest BCUT2D eigenvalue weighted by atomic mass is 10.2. The molecule has 0 aromatic heterocycles. The Morgan fingerprint density at radius 1 is 0.893 bits per heavy atom. The number of ether oxygens (including phenoxy) is 2. The molecule has 0 unspecified atom stereocenters. The van der Waals surface area contributed by atoms with Gasteiger partial charge in [0, 0.05) is 39.1 Å². The molecule has 1 aliphatic heterocycles. The zero-order valence-electron chi connectivity index (χ0n) is 16.7. The highest BCUT2D eigenvalue weighted by atomic mass is 16.5. The Morgan fingerprint density at radius 2 is 1.54 bits per heavy atom. The Balaban J connectivity index is 1.31. The molecule has 28 heavy (non-hydrogen) atoms. The first kappa shape index (κ1) is 20.2. The van der Waals surface area contributed by atoms with Crippen molar-refractivity contribution in [2.24, 2.45) is 0 Å². The van der Waals surface area contributed by atoms with Crippen LogP contribution in [0.3, 0.4) is 0 Å². The van der Waals surface area contributed by atoms with Gasteiger partial charge in [-0.3, -0.25) is 9.69 Å². The van der Waals surface area contributed by atoms with Crippen molar-refractivity contribution < 1.29 is 14.3 Å². The molecular weight excluding hydrogens is 352 g/mol. The molecule has 2 aromatic rings. The molecule has 150 valence electrons. The summed E-state index contributed by atoms with van der Waals surface area (Å²) < 4.78 is 11.1. The molecule has 0 N–H and O–H groups in total. The quantitative estimate of drug-likeness (QED) is 0.622. The predicted octanol–water partition coefficient (Wildman–Crippen LogP) is 3.59. The molecule has 1 saturated heterocycles. The predicted molar refractivity (Wildman–Crippen MR) is 111 cm³/mol. The van der Waals surface area contributed by atoms with Crippen molar-refractivity contribution in [2.45, 2.75) is 26.3 Å². The molecule has 0 radical (unpaired) electrons. The van der Waals surface area contributed by atoms with Gasteiger partial charge in [0.05, 0.1) is 13.2 Å². The molecule has 1 fully saturated rings. The molecule has 5 nitrogen and oxygen atoms in total. The van der Waals surface area contributed by atoms with Gasteiger partial charge < -0.3 is 14.4 Å². The Kier molecular flexibility index (Phi) is 7.73. The lowest BCUT2D eigenvalue weighted by Crippen LogP contribution is -2.48. The van der Waals surface area contributed by atoms with E-state index in [4.69, 9.17) is 9.47 Å². The van der Waals surface area contributed by atoms with Crippen LogP contribution in [0.25, 0.3) is 0 Å². The highest BCUT2D eigenvalue weighted by Gasteiger charge is 2.20. The van der Waals surface area contributed by atoms with E-state index < -0.39 is 0 Å². The number of carbonyl (C=O) groups excluding carboxylic acids is 1. The monoisotopic (exact) mass is 382 g/mol. The number of hydrogen-bond donors (Lipinski definition) is 0. The molecule has 1 amide bonds. The smallest absolute Gasteiger partial charge is 0.222 e. The largest absolute Gasteiger partial charge is 0.494 e. The minimum Gasteiger partial charge on any atom is -0.494 e. The minimum absolute atomic E-state index is 0.231. The van der Waals surface area contributed by atoms with Crippen LogP contribution in [0.2, 0.25) is 0 Å². The van der Waals surface area contributed by atoms with Gasteiger partial charge in [-0.15, -0.1) is 0 Å². The number of benzene rings is 2. The van der Waals surface area contributed by atoms with Crippen molar-refractivity contribution in [3.05, 3.63) is 60.2 Å². The molecule has 0 bridgehead atoms.